The molecule has 0 aliphatic carbocycles. The maximum atomic E-state index is 7.76. The van der Waals surface area contributed by atoms with Crippen LogP contribution in [0.2, 0.25) is 0 Å². The van der Waals surface area contributed by atoms with E-state index < -0.39 is 5.99 Å². The summed E-state index contributed by atoms with van der Waals surface area (Å²) in [5.74, 6) is -5.11. The van der Waals surface area contributed by atoms with Crippen LogP contribution in [0.4, 0.5) is 0 Å². The Labute approximate surface area is 74.5 Å². The third-order valence-electron chi connectivity index (χ3n) is 0.827. The molecule has 0 saturated carbocycles. The van der Waals surface area contributed by atoms with E-state index >= 15 is 0 Å². The Morgan fingerprint density at radius 3 is 1.36 bits per heavy atom. The molecule has 4 nitrogen and oxygen atoms in total. The number of hydrogen-bond acceptors (Lipinski definition) is 4. The number of hydrogen-bond donors (Lipinski definition) is 3. The monoisotopic (exact) mass is 224 g/mol. The molecule has 1 aliphatic heterocycles. The zero-order valence-electron chi connectivity index (χ0n) is 5.78. The van der Waals surface area contributed by atoms with Crippen LogP contribution in [0.15, 0.2) is 0 Å². The fraction of sp³-hybridized carbons (Fsp3) is 1.00. The van der Waals surface area contributed by atoms with Gasteiger partial charge in [0, 0.05) is 13.2 Å². The Morgan fingerprint density at radius 2 is 1.27 bits per heavy atom. The Hall–Kier alpha value is 0.850. The average molecular weight is 225 g/mol. The standard InChI is InChI=1S/C4H8O.Cl2H3O3P/c1-2-4-5-3-1;1-6(2,3,4)5/h1-4H2;3-5H. The molecule has 11 heavy (non-hydrogen) atoms. The van der Waals surface area contributed by atoms with Crippen LogP contribution < -0.4 is 0 Å². The molecule has 1 rings (SSSR count). The van der Waals surface area contributed by atoms with Crippen LogP contribution in [0.3, 0.4) is 0 Å². The molecule has 1 saturated heterocycles. The summed E-state index contributed by atoms with van der Waals surface area (Å²) in [7, 11) is 0. The normalized spacial score (nSPS) is 21.4. The summed E-state index contributed by atoms with van der Waals surface area (Å²) < 4.78 is 4.94. The summed E-state index contributed by atoms with van der Waals surface area (Å²) in [6, 6.07) is 0. The third kappa shape index (κ3) is 24.8. The molecule has 7 heteroatoms. The van der Waals surface area contributed by atoms with Gasteiger partial charge in [-0.3, -0.25) is 0 Å². The summed E-state index contributed by atoms with van der Waals surface area (Å²) >= 11 is 8.70. The van der Waals surface area contributed by atoms with E-state index in [4.69, 9.17) is 19.4 Å². The minimum absolute atomic E-state index is 1.00. The number of rotatable bonds is 0. The van der Waals surface area contributed by atoms with E-state index in [1.165, 1.54) is 12.8 Å². The van der Waals surface area contributed by atoms with Gasteiger partial charge in [0.25, 0.3) is 0 Å². The molecule has 0 aromatic carbocycles. The molecule has 1 fully saturated rings. The Balaban J connectivity index is 0.000000183. The summed E-state index contributed by atoms with van der Waals surface area (Å²) in [6.45, 7) is 2.00. The van der Waals surface area contributed by atoms with E-state index in [2.05, 4.69) is 22.5 Å². The molecule has 0 unspecified atom stereocenters. The van der Waals surface area contributed by atoms with Crippen LogP contribution in [0.1, 0.15) is 12.8 Å². The van der Waals surface area contributed by atoms with E-state index in [0.717, 1.165) is 13.2 Å². The summed E-state index contributed by atoms with van der Waals surface area (Å²) in [5, 5.41) is 0. The second-order valence-corrected chi connectivity index (χ2v) is 7.93. The SMILES string of the molecule is C1CCOC1.OP(O)(O)(Cl)Cl. The van der Waals surface area contributed by atoms with E-state index in [9.17, 15) is 0 Å². The molecular formula is C4H11Cl2O4P. The zero-order valence-corrected chi connectivity index (χ0v) is 8.19. The predicted molar refractivity (Wildman–Crippen MR) is 45.3 cm³/mol. The van der Waals surface area contributed by atoms with Gasteiger partial charge in [-0.25, -0.2) is 0 Å². The first-order valence-electron chi connectivity index (χ1n) is 3.02. The quantitative estimate of drug-likeness (QED) is 0.544. The first kappa shape index (κ1) is 11.8. The van der Waals surface area contributed by atoms with Gasteiger partial charge in [-0.1, -0.05) is 0 Å². The molecule has 1 heterocycles. The van der Waals surface area contributed by atoms with Gasteiger partial charge >= 0.3 is 43.2 Å². The second kappa shape index (κ2) is 4.19. The van der Waals surface area contributed by atoms with Gasteiger partial charge in [-0.2, -0.15) is 0 Å². The van der Waals surface area contributed by atoms with E-state index in [1.807, 2.05) is 0 Å². The van der Waals surface area contributed by atoms with Crippen LogP contribution in [0.25, 0.3) is 0 Å². The molecule has 3 N–H and O–H groups in total. The molecule has 70 valence electrons. The average Bonchev–Trinajstić information content (AvgIpc) is 2.03. The fourth-order valence-corrected chi connectivity index (χ4v) is 0.510. The summed E-state index contributed by atoms with van der Waals surface area (Å²) in [5.41, 5.74) is 0. The van der Waals surface area contributed by atoms with Gasteiger partial charge in [-0.05, 0) is 12.8 Å². The zero-order chi connectivity index (χ0) is 8.98. The van der Waals surface area contributed by atoms with Crippen LogP contribution in [0.5, 0.6) is 0 Å². The Bertz CT molecular complexity index is 92.4. The molecule has 0 aromatic heterocycles. The first-order chi connectivity index (χ1) is 4.74. The Morgan fingerprint density at radius 1 is 1.00 bits per heavy atom. The van der Waals surface area contributed by atoms with E-state index in [0.29, 0.717) is 0 Å². The van der Waals surface area contributed by atoms with Gasteiger partial charge in [0.1, 0.15) is 0 Å². The Kier molecular flexibility index (Phi) is 4.51. The summed E-state index contributed by atoms with van der Waals surface area (Å²) in [4.78, 5) is 23.3. The van der Waals surface area contributed by atoms with Crippen molar-refractivity contribution in [2.24, 2.45) is 0 Å². The molecule has 0 spiro atoms. The van der Waals surface area contributed by atoms with Crippen LogP contribution >= 0.6 is 28.5 Å². The summed E-state index contributed by atoms with van der Waals surface area (Å²) in [6.07, 6.45) is 2.56. The fourth-order valence-electron chi connectivity index (χ4n) is 0.510. The van der Waals surface area contributed by atoms with Crippen molar-refractivity contribution in [1.82, 2.24) is 0 Å². The van der Waals surface area contributed by atoms with Crippen molar-refractivity contribution in [2.75, 3.05) is 13.2 Å². The molecule has 1 aliphatic rings. The van der Waals surface area contributed by atoms with Crippen LogP contribution in [0, 0.1) is 0 Å². The second-order valence-electron chi connectivity index (χ2n) is 2.11. The minimum atomic E-state index is -5.11. The van der Waals surface area contributed by atoms with Gasteiger partial charge < -0.3 is 4.74 Å². The van der Waals surface area contributed by atoms with E-state index in [-0.39, 0.29) is 0 Å². The number of halogens is 2. The number of ether oxygens (including phenoxy) is 1. The van der Waals surface area contributed by atoms with Crippen molar-refractivity contribution in [2.45, 2.75) is 12.8 Å². The molecule has 0 aromatic rings. The van der Waals surface area contributed by atoms with Crippen molar-refractivity contribution in [1.29, 1.82) is 0 Å². The third-order valence-corrected chi connectivity index (χ3v) is 0.827. The van der Waals surface area contributed by atoms with Gasteiger partial charge in [0.2, 0.25) is 0 Å². The van der Waals surface area contributed by atoms with Crippen molar-refractivity contribution in [3.05, 3.63) is 0 Å². The molecule has 0 amide bonds. The first-order valence-corrected chi connectivity index (χ1v) is 6.92. The molecule has 0 bridgehead atoms. The van der Waals surface area contributed by atoms with Gasteiger partial charge in [-0.15, -0.1) is 0 Å². The molecule has 0 atom stereocenters. The molecular weight excluding hydrogens is 214 g/mol. The van der Waals surface area contributed by atoms with Gasteiger partial charge in [0.05, 0.1) is 0 Å². The van der Waals surface area contributed by atoms with Crippen molar-refractivity contribution in [3.63, 3.8) is 0 Å². The van der Waals surface area contributed by atoms with Crippen molar-refractivity contribution in [3.8, 4) is 0 Å². The van der Waals surface area contributed by atoms with Crippen molar-refractivity contribution >= 4 is 28.5 Å². The molecule has 0 radical (unpaired) electrons. The van der Waals surface area contributed by atoms with E-state index in [1.54, 1.807) is 0 Å². The predicted octanol–water partition coefficient (Wildman–Crippen LogP) is 1.37. The topological polar surface area (TPSA) is 69.9 Å². The van der Waals surface area contributed by atoms with Crippen molar-refractivity contribution < 1.29 is 19.4 Å². The van der Waals surface area contributed by atoms with Crippen LogP contribution in [-0.2, 0) is 4.74 Å². The maximum absolute atomic E-state index is 7.76. The van der Waals surface area contributed by atoms with Gasteiger partial charge in [0.15, 0.2) is 0 Å². The van der Waals surface area contributed by atoms with Crippen LogP contribution in [-0.4, -0.2) is 27.9 Å².